The van der Waals surface area contributed by atoms with Crippen LogP contribution in [0.15, 0.2) is 75.0 Å². The molecule has 3 aromatic carbocycles. The SMILES string of the molecule is O=c1c2cc(Br)ccc2nc(C2CCCCC2)n1N=Cc1cc(Cl)ccc1OCc1ccc(Cl)cc1. The molecular weight excluding hydrogens is 561 g/mol. The predicted octanol–water partition coefficient (Wildman–Crippen LogP) is 7.97. The van der Waals surface area contributed by atoms with Crippen LogP contribution in [-0.2, 0) is 6.61 Å². The Hall–Kier alpha value is -2.67. The Balaban J connectivity index is 1.53. The number of benzene rings is 3. The number of ether oxygens (including phenoxy) is 1. The summed E-state index contributed by atoms with van der Waals surface area (Å²) in [5.74, 6) is 1.51. The van der Waals surface area contributed by atoms with Crippen molar-refractivity contribution in [2.45, 2.75) is 44.6 Å². The van der Waals surface area contributed by atoms with Crippen LogP contribution in [0.2, 0.25) is 10.0 Å². The van der Waals surface area contributed by atoms with Crippen LogP contribution < -0.4 is 10.3 Å². The van der Waals surface area contributed by atoms with Crippen molar-refractivity contribution in [2.24, 2.45) is 5.10 Å². The summed E-state index contributed by atoms with van der Waals surface area (Å²) in [5, 5.41) is 6.39. The van der Waals surface area contributed by atoms with Gasteiger partial charge in [-0.1, -0.05) is 70.5 Å². The topological polar surface area (TPSA) is 56.5 Å². The van der Waals surface area contributed by atoms with Gasteiger partial charge in [-0.15, -0.1) is 0 Å². The van der Waals surface area contributed by atoms with Crippen LogP contribution in [0.1, 0.15) is 55.0 Å². The minimum absolute atomic E-state index is 0.191. The van der Waals surface area contributed by atoms with Gasteiger partial charge in [-0.25, -0.2) is 4.98 Å². The zero-order valence-corrected chi connectivity index (χ0v) is 22.6. The number of hydrogen-bond donors (Lipinski definition) is 0. The first-order valence-electron chi connectivity index (χ1n) is 11.9. The highest BCUT2D eigenvalue weighted by molar-refractivity contribution is 9.10. The molecule has 8 heteroatoms. The average molecular weight is 585 g/mol. The first-order valence-corrected chi connectivity index (χ1v) is 13.5. The summed E-state index contributed by atoms with van der Waals surface area (Å²) in [6, 6.07) is 18.4. The van der Waals surface area contributed by atoms with Gasteiger partial charge in [0.25, 0.3) is 5.56 Å². The smallest absolute Gasteiger partial charge is 0.282 e. The fraction of sp³-hybridized carbons (Fsp3) is 0.250. The molecule has 1 saturated carbocycles. The van der Waals surface area contributed by atoms with E-state index >= 15 is 0 Å². The van der Waals surface area contributed by atoms with Gasteiger partial charge in [0.15, 0.2) is 0 Å². The average Bonchev–Trinajstić information content (AvgIpc) is 2.89. The van der Waals surface area contributed by atoms with Crippen molar-refractivity contribution < 1.29 is 4.74 Å². The number of halogens is 3. The van der Waals surface area contributed by atoms with Crippen LogP contribution in [0.4, 0.5) is 0 Å². The molecule has 36 heavy (non-hydrogen) atoms. The second kappa shape index (κ2) is 11.2. The predicted molar refractivity (Wildman–Crippen MR) is 150 cm³/mol. The molecule has 1 heterocycles. The normalized spacial score (nSPS) is 14.5. The summed E-state index contributed by atoms with van der Waals surface area (Å²) < 4.78 is 8.34. The molecular formula is C28H24BrCl2N3O2. The van der Waals surface area contributed by atoms with Gasteiger partial charge in [-0.3, -0.25) is 4.79 Å². The highest BCUT2D eigenvalue weighted by Crippen LogP contribution is 2.32. The number of fused-ring (bicyclic) bond motifs is 1. The number of aromatic nitrogens is 2. The van der Waals surface area contributed by atoms with Crippen molar-refractivity contribution in [3.63, 3.8) is 0 Å². The van der Waals surface area contributed by atoms with Crippen molar-refractivity contribution in [1.82, 2.24) is 9.66 Å². The zero-order valence-electron chi connectivity index (χ0n) is 19.5. The maximum absolute atomic E-state index is 13.6. The molecule has 0 aliphatic heterocycles. The van der Waals surface area contributed by atoms with Crippen LogP contribution in [0, 0.1) is 0 Å². The van der Waals surface area contributed by atoms with Crippen LogP contribution in [-0.4, -0.2) is 15.9 Å². The summed E-state index contributed by atoms with van der Waals surface area (Å²) in [4.78, 5) is 18.5. The summed E-state index contributed by atoms with van der Waals surface area (Å²) in [6.07, 6.45) is 7.08. The maximum atomic E-state index is 13.6. The monoisotopic (exact) mass is 583 g/mol. The van der Waals surface area contributed by atoms with E-state index in [0.29, 0.717) is 44.7 Å². The number of nitrogens with zero attached hydrogens (tertiary/aromatic N) is 3. The van der Waals surface area contributed by atoms with Gasteiger partial charge in [0.2, 0.25) is 0 Å². The van der Waals surface area contributed by atoms with Crippen molar-refractivity contribution in [1.29, 1.82) is 0 Å². The molecule has 1 aliphatic rings. The van der Waals surface area contributed by atoms with Crippen molar-refractivity contribution in [3.8, 4) is 5.75 Å². The fourth-order valence-corrected chi connectivity index (χ4v) is 5.18. The minimum atomic E-state index is -0.191. The molecule has 4 aromatic rings. The van der Waals surface area contributed by atoms with E-state index in [0.717, 1.165) is 35.7 Å². The third-order valence-electron chi connectivity index (χ3n) is 6.40. The lowest BCUT2D eigenvalue weighted by atomic mass is 9.88. The maximum Gasteiger partial charge on any atom is 0.282 e. The second-order valence-electron chi connectivity index (χ2n) is 8.93. The molecule has 5 nitrogen and oxygen atoms in total. The van der Waals surface area contributed by atoms with Gasteiger partial charge in [0.05, 0.1) is 17.1 Å². The van der Waals surface area contributed by atoms with Gasteiger partial charge < -0.3 is 4.74 Å². The Morgan fingerprint density at radius 2 is 1.75 bits per heavy atom. The van der Waals surface area contributed by atoms with E-state index in [1.54, 1.807) is 30.5 Å². The van der Waals surface area contributed by atoms with Gasteiger partial charge in [-0.2, -0.15) is 9.78 Å². The highest BCUT2D eigenvalue weighted by Gasteiger charge is 2.22. The van der Waals surface area contributed by atoms with E-state index in [9.17, 15) is 4.79 Å². The molecule has 0 spiro atoms. The van der Waals surface area contributed by atoms with E-state index in [1.807, 2.05) is 36.4 Å². The summed E-state index contributed by atoms with van der Waals surface area (Å²) >= 11 is 15.8. The van der Waals surface area contributed by atoms with E-state index in [2.05, 4.69) is 21.0 Å². The Bertz CT molecular complexity index is 1480. The Morgan fingerprint density at radius 1 is 1.00 bits per heavy atom. The summed E-state index contributed by atoms with van der Waals surface area (Å²) in [7, 11) is 0. The largest absolute Gasteiger partial charge is 0.488 e. The lowest BCUT2D eigenvalue weighted by molar-refractivity contribution is 0.306. The molecule has 0 bridgehead atoms. The summed E-state index contributed by atoms with van der Waals surface area (Å²) in [5.41, 5.74) is 2.15. The summed E-state index contributed by atoms with van der Waals surface area (Å²) in [6.45, 7) is 0.360. The van der Waals surface area contributed by atoms with E-state index in [-0.39, 0.29) is 11.5 Å². The fourth-order valence-electron chi connectivity index (χ4n) is 4.52. The van der Waals surface area contributed by atoms with Gasteiger partial charge >= 0.3 is 0 Å². The number of hydrogen-bond acceptors (Lipinski definition) is 4. The molecule has 0 amide bonds. The lowest BCUT2D eigenvalue weighted by Crippen LogP contribution is -2.25. The Morgan fingerprint density at radius 3 is 2.53 bits per heavy atom. The third kappa shape index (κ3) is 5.66. The van der Waals surface area contributed by atoms with Crippen molar-refractivity contribution >= 4 is 56.2 Å². The molecule has 1 fully saturated rings. The van der Waals surface area contributed by atoms with Crippen LogP contribution in [0.5, 0.6) is 5.75 Å². The van der Waals surface area contributed by atoms with E-state index in [1.165, 1.54) is 11.1 Å². The van der Waals surface area contributed by atoms with Gasteiger partial charge in [-0.05, 0) is 66.9 Å². The second-order valence-corrected chi connectivity index (χ2v) is 10.7. The third-order valence-corrected chi connectivity index (χ3v) is 7.38. The quantitative estimate of drug-likeness (QED) is 0.216. The standard InChI is InChI=1S/C28H24BrCl2N3O2/c29-21-8-12-25-24(15-21)28(35)34(27(33-25)19-4-2-1-3-5-19)32-16-20-14-23(31)11-13-26(20)36-17-18-6-9-22(30)10-7-18/h6-16,19H,1-5,17H2. The molecule has 5 rings (SSSR count). The number of rotatable bonds is 6. The van der Waals surface area contributed by atoms with Gasteiger partial charge in [0.1, 0.15) is 18.2 Å². The van der Waals surface area contributed by atoms with Crippen molar-refractivity contribution in [3.05, 3.63) is 102 Å². The molecule has 0 radical (unpaired) electrons. The van der Waals surface area contributed by atoms with E-state index < -0.39 is 0 Å². The van der Waals surface area contributed by atoms with Gasteiger partial charge in [0, 0.05) is 26.0 Å². The molecule has 0 saturated heterocycles. The minimum Gasteiger partial charge on any atom is -0.488 e. The molecule has 1 aromatic heterocycles. The molecule has 0 atom stereocenters. The Kier molecular flexibility index (Phi) is 7.75. The molecule has 184 valence electrons. The lowest BCUT2D eigenvalue weighted by Gasteiger charge is -2.22. The molecule has 0 unspecified atom stereocenters. The van der Waals surface area contributed by atoms with Crippen LogP contribution in [0.3, 0.4) is 0 Å². The highest BCUT2D eigenvalue weighted by atomic mass is 79.9. The molecule has 1 aliphatic carbocycles. The zero-order chi connectivity index (χ0) is 25.1. The van der Waals surface area contributed by atoms with Crippen LogP contribution in [0.25, 0.3) is 10.9 Å². The first kappa shape index (κ1) is 25.0. The van der Waals surface area contributed by atoms with Crippen LogP contribution >= 0.6 is 39.1 Å². The molecule has 0 N–H and O–H groups in total. The van der Waals surface area contributed by atoms with Crippen molar-refractivity contribution in [2.75, 3.05) is 0 Å². The Labute approximate surface area is 227 Å². The van der Waals surface area contributed by atoms with E-state index in [4.69, 9.17) is 32.9 Å². The first-order chi connectivity index (χ1) is 17.5.